The highest BCUT2D eigenvalue weighted by molar-refractivity contribution is 5.99. The average molecular weight is 423 g/mol. The Kier molecular flexibility index (Phi) is 5.76. The number of fused-ring (bicyclic) bond motifs is 1. The third-order valence-electron chi connectivity index (χ3n) is 6.40. The van der Waals surface area contributed by atoms with E-state index < -0.39 is 5.54 Å². The number of piperidine rings is 1. The van der Waals surface area contributed by atoms with Crippen LogP contribution in [0.4, 0.5) is 4.39 Å². The summed E-state index contributed by atoms with van der Waals surface area (Å²) < 4.78 is 13.4. The van der Waals surface area contributed by atoms with Crippen LogP contribution in [-0.4, -0.2) is 46.1 Å². The Morgan fingerprint density at radius 3 is 2.52 bits per heavy atom. The van der Waals surface area contributed by atoms with Gasteiger partial charge in [-0.15, -0.1) is 0 Å². The lowest BCUT2D eigenvalue weighted by Crippen LogP contribution is -2.57. The lowest BCUT2D eigenvalue weighted by atomic mass is 9.82. The number of nitrogens with zero attached hydrogens (tertiary/aromatic N) is 2. The van der Waals surface area contributed by atoms with Crippen LogP contribution in [0.25, 0.3) is 0 Å². The second-order valence-electron chi connectivity index (χ2n) is 8.36. The van der Waals surface area contributed by atoms with E-state index in [1.165, 1.54) is 19.1 Å². The number of carbonyl (C=O) groups excluding carboxylic acids is 3. The van der Waals surface area contributed by atoms with Gasteiger partial charge in [-0.05, 0) is 42.2 Å². The van der Waals surface area contributed by atoms with Crippen LogP contribution in [0.5, 0.6) is 0 Å². The number of hydrogen-bond acceptors (Lipinski definition) is 3. The Hall–Kier alpha value is -3.22. The van der Waals surface area contributed by atoms with Crippen LogP contribution >= 0.6 is 0 Å². The smallest absolute Gasteiger partial charge is 0.254 e. The molecule has 0 bridgehead atoms. The van der Waals surface area contributed by atoms with E-state index in [0.29, 0.717) is 43.6 Å². The molecular formula is C24H26FN3O3. The summed E-state index contributed by atoms with van der Waals surface area (Å²) in [5.74, 6) is -0.602. The van der Waals surface area contributed by atoms with Crippen molar-refractivity contribution in [2.75, 3.05) is 13.1 Å². The zero-order valence-corrected chi connectivity index (χ0v) is 17.6. The fraction of sp³-hybridized carbons (Fsp3) is 0.375. The third-order valence-corrected chi connectivity index (χ3v) is 6.40. The summed E-state index contributed by atoms with van der Waals surface area (Å²) in [6.45, 7) is 3.24. The first kappa shape index (κ1) is 21.0. The lowest BCUT2D eigenvalue weighted by molar-refractivity contribution is -0.132. The first-order valence-corrected chi connectivity index (χ1v) is 10.5. The van der Waals surface area contributed by atoms with E-state index in [2.05, 4.69) is 5.32 Å². The van der Waals surface area contributed by atoms with Gasteiger partial charge >= 0.3 is 0 Å². The molecule has 1 N–H and O–H groups in total. The molecule has 0 aromatic heterocycles. The monoisotopic (exact) mass is 423 g/mol. The second-order valence-corrected chi connectivity index (χ2v) is 8.36. The van der Waals surface area contributed by atoms with Crippen molar-refractivity contribution in [2.24, 2.45) is 0 Å². The van der Waals surface area contributed by atoms with Crippen molar-refractivity contribution in [3.8, 4) is 0 Å². The highest BCUT2D eigenvalue weighted by Crippen LogP contribution is 2.38. The van der Waals surface area contributed by atoms with Gasteiger partial charge in [0, 0.05) is 38.7 Å². The summed E-state index contributed by atoms with van der Waals surface area (Å²) in [5, 5.41) is 2.87. The number of amides is 3. The molecular weight excluding hydrogens is 397 g/mol. The molecule has 0 saturated carbocycles. The fourth-order valence-corrected chi connectivity index (χ4v) is 4.63. The minimum absolute atomic E-state index is 0.000176. The van der Waals surface area contributed by atoms with Gasteiger partial charge in [-0.2, -0.15) is 0 Å². The van der Waals surface area contributed by atoms with Crippen LogP contribution in [0.2, 0.25) is 0 Å². The average Bonchev–Trinajstić information content (AvgIpc) is 3.10. The molecule has 0 atom stereocenters. The molecule has 1 saturated heterocycles. The van der Waals surface area contributed by atoms with Crippen molar-refractivity contribution < 1.29 is 18.8 Å². The SMILES string of the molecule is CC(=O)N1CCC(CC(=O)NCc2cccc(F)c2)(N2Cc3ccccc3C2=O)CC1. The Morgan fingerprint density at radius 1 is 1.10 bits per heavy atom. The Bertz CT molecular complexity index is 1010. The van der Waals surface area contributed by atoms with Crippen molar-refractivity contribution in [3.63, 3.8) is 0 Å². The lowest BCUT2D eigenvalue weighted by Gasteiger charge is -2.47. The molecule has 1 fully saturated rings. The van der Waals surface area contributed by atoms with E-state index in [4.69, 9.17) is 0 Å². The fourth-order valence-electron chi connectivity index (χ4n) is 4.63. The summed E-state index contributed by atoms with van der Waals surface area (Å²) in [7, 11) is 0. The summed E-state index contributed by atoms with van der Waals surface area (Å²) in [4.78, 5) is 41.5. The van der Waals surface area contributed by atoms with Crippen LogP contribution in [0, 0.1) is 5.82 Å². The van der Waals surface area contributed by atoms with Gasteiger partial charge in [0.1, 0.15) is 5.82 Å². The third kappa shape index (κ3) is 4.31. The molecule has 4 rings (SSSR count). The van der Waals surface area contributed by atoms with Crippen molar-refractivity contribution in [1.82, 2.24) is 15.1 Å². The molecule has 2 heterocycles. The first-order valence-electron chi connectivity index (χ1n) is 10.5. The van der Waals surface area contributed by atoms with Crippen molar-refractivity contribution in [1.29, 1.82) is 0 Å². The summed E-state index contributed by atoms with van der Waals surface area (Å²) in [6.07, 6.45) is 1.23. The van der Waals surface area contributed by atoms with Crippen LogP contribution in [-0.2, 0) is 22.7 Å². The van der Waals surface area contributed by atoms with Crippen LogP contribution < -0.4 is 5.32 Å². The van der Waals surface area contributed by atoms with Gasteiger partial charge in [-0.1, -0.05) is 30.3 Å². The Morgan fingerprint density at radius 2 is 1.84 bits per heavy atom. The van der Waals surface area contributed by atoms with E-state index in [-0.39, 0.29) is 36.5 Å². The largest absolute Gasteiger partial charge is 0.352 e. The number of hydrogen-bond donors (Lipinski definition) is 1. The second kappa shape index (κ2) is 8.49. The van der Waals surface area contributed by atoms with Crippen LogP contribution in [0.3, 0.4) is 0 Å². The summed E-state index contributed by atoms with van der Waals surface area (Å²) in [5.41, 5.74) is 1.66. The van der Waals surface area contributed by atoms with E-state index in [1.807, 2.05) is 29.2 Å². The number of likely N-dealkylation sites (tertiary alicyclic amines) is 1. The quantitative estimate of drug-likeness (QED) is 0.804. The summed E-state index contributed by atoms with van der Waals surface area (Å²) >= 11 is 0. The maximum Gasteiger partial charge on any atom is 0.254 e. The molecule has 2 aromatic carbocycles. The highest BCUT2D eigenvalue weighted by Gasteiger charge is 2.47. The number of rotatable bonds is 5. The van der Waals surface area contributed by atoms with Gasteiger partial charge in [0.15, 0.2) is 0 Å². The predicted molar refractivity (Wildman–Crippen MR) is 113 cm³/mol. The van der Waals surface area contributed by atoms with E-state index in [0.717, 1.165) is 5.56 Å². The molecule has 2 aliphatic rings. The van der Waals surface area contributed by atoms with Gasteiger partial charge in [0.25, 0.3) is 5.91 Å². The van der Waals surface area contributed by atoms with Crippen molar-refractivity contribution in [2.45, 2.75) is 44.8 Å². The van der Waals surface area contributed by atoms with Gasteiger partial charge in [0.2, 0.25) is 11.8 Å². The Labute approximate surface area is 181 Å². The van der Waals surface area contributed by atoms with E-state index >= 15 is 0 Å². The van der Waals surface area contributed by atoms with Gasteiger partial charge in [0.05, 0.1) is 12.0 Å². The van der Waals surface area contributed by atoms with E-state index in [9.17, 15) is 18.8 Å². The molecule has 7 heteroatoms. The maximum atomic E-state index is 13.4. The minimum atomic E-state index is -0.659. The topological polar surface area (TPSA) is 69.7 Å². The number of nitrogens with one attached hydrogen (secondary N) is 1. The maximum absolute atomic E-state index is 13.4. The predicted octanol–water partition coefficient (Wildman–Crippen LogP) is 2.87. The molecule has 0 radical (unpaired) electrons. The minimum Gasteiger partial charge on any atom is -0.352 e. The zero-order chi connectivity index (χ0) is 22.0. The molecule has 0 aliphatic carbocycles. The number of halogens is 1. The molecule has 3 amide bonds. The number of carbonyl (C=O) groups is 3. The van der Waals surface area contributed by atoms with Gasteiger partial charge < -0.3 is 15.1 Å². The molecule has 2 aromatic rings. The van der Waals surface area contributed by atoms with Gasteiger partial charge in [-0.3, -0.25) is 14.4 Å². The first-order chi connectivity index (χ1) is 14.9. The molecule has 0 spiro atoms. The highest BCUT2D eigenvalue weighted by atomic mass is 19.1. The summed E-state index contributed by atoms with van der Waals surface area (Å²) in [6, 6.07) is 13.6. The Balaban J connectivity index is 1.52. The molecule has 31 heavy (non-hydrogen) atoms. The standard InChI is InChI=1S/C24H26FN3O3/c1-17(29)27-11-9-24(10-12-27,28-16-19-6-2-3-8-21(19)23(28)31)14-22(30)26-15-18-5-4-7-20(25)13-18/h2-8,13H,9-12,14-16H2,1H3,(H,26,30). The molecule has 0 unspecified atom stereocenters. The molecule has 2 aliphatic heterocycles. The van der Waals surface area contributed by atoms with Crippen molar-refractivity contribution >= 4 is 17.7 Å². The van der Waals surface area contributed by atoms with Crippen LogP contribution in [0.1, 0.15) is 47.7 Å². The normalized spacial score (nSPS) is 17.4. The molecule has 162 valence electrons. The van der Waals surface area contributed by atoms with Crippen molar-refractivity contribution in [3.05, 3.63) is 71.0 Å². The zero-order valence-electron chi connectivity index (χ0n) is 17.6. The number of benzene rings is 2. The van der Waals surface area contributed by atoms with E-state index in [1.54, 1.807) is 17.0 Å². The van der Waals surface area contributed by atoms with Crippen LogP contribution in [0.15, 0.2) is 48.5 Å². The molecule has 6 nitrogen and oxygen atoms in total. The van der Waals surface area contributed by atoms with Gasteiger partial charge in [-0.25, -0.2) is 4.39 Å².